The highest BCUT2D eigenvalue weighted by Gasteiger charge is 2.37. The van der Waals surface area contributed by atoms with E-state index < -0.39 is 12.0 Å². The first-order valence-corrected chi connectivity index (χ1v) is 7.28. The number of carbonyl (C=O) groups excluding carboxylic acids is 2. The summed E-state index contributed by atoms with van der Waals surface area (Å²) in [6, 6.07) is 4.56. The van der Waals surface area contributed by atoms with Gasteiger partial charge in [0.2, 0.25) is 5.91 Å². The van der Waals surface area contributed by atoms with Gasteiger partial charge in [-0.2, -0.15) is 5.10 Å². The van der Waals surface area contributed by atoms with Crippen molar-refractivity contribution < 1.29 is 23.8 Å². The molecule has 1 aliphatic heterocycles. The van der Waals surface area contributed by atoms with Crippen LogP contribution < -0.4 is 9.47 Å². The summed E-state index contributed by atoms with van der Waals surface area (Å²) in [6.07, 6.45) is 0.279. The molecule has 0 aromatic heterocycles. The van der Waals surface area contributed by atoms with Crippen LogP contribution in [0.2, 0.25) is 0 Å². The minimum Gasteiger partial charge on any atom is -0.497 e. The molecule has 0 N–H and O–H groups in total. The van der Waals surface area contributed by atoms with Crippen LogP contribution in [0.25, 0.3) is 0 Å². The second-order valence-corrected chi connectivity index (χ2v) is 4.95. The second kappa shape index (κ2) is 7.13. The van der Waals surface area contributed by atoms with Crippen molar-refractivity contribution in [3.8, 4) is 11.5 Å². The molecule has 0 saturated carbocycles. The molecule has 1 aromatic rings. The zero-order valence-electron chi connectivity index (χ0n) is 13.7. The van der Waals surface area contributed by atoms with Crippen LogP contribution in [0.15, 0.2) is 23.3 Å². The van der Waals surface area contributed by atoms with Crippen molar-refractivity contribution in [1.82, 2.24) is 5.01 Å². The van der Waals surface area contributed by atoms with E-state index in [9.17, 15) is 9.59 Å². The van der Waals surface area contributed by atoms with Crippen LogP contribution >= 0.6 is 0 Å². The number of benzene rings is 1. The van der Waals surface area contributed by atoms with Crippen molar-refractivity contribution in [2.45, 2.75) is 26.3 Å². The van der Waals surface area contributed by atoms with Gasteiger partial charge in [0.15, 0.2) is 6.04 Å². The summed E-state index contributed by atoms with van der Waals surface area (Å²) in [7, 11) is 3.11. The average molecular weight is 320 g/mol. The molecule has 0 aliphatic carbocycles. The fraction of sp³-hybridized carbons (Fsp3) is 0.438. The standard InChI is InChI=1S/C16H20N2O5/c1-5-23-16(20)14-9-13(17-18(14)10(2)19)12-7-6-11(21-3)8-15(12)22-4/h6-8,14H,5,9H2,1-4H3. The van der Waals surface area contributed by atoms with Gasteiger partial charge in [-0.3, -0.25) is 4.79 Å². The number of amides is 1. The summed E-state index contributed by atoms with van der Waals surface area (Å²) in [5, 5.41) is 5.45. The number of hydrazone groups is 1. The van der Waals surface area contributed by atoms with Crippen LogP contribution in [0, 0.1) is 0 Å². The van der Waals surface area contributed by atoms with E-state index in [4.69, 9.17) is 14.2 Å². The molecule has 1 aliphatic rings. The molecule has 0 fully saturated rings. The lowest BCUT2D eigenvalue weighted by atomic mass is 10.0. The Labute approximate surface area is 134 Å². The highest BCUT2D eigenvalue weighted by atomic mass is 16.5. The molecule has 124 valence electrons. The van der Waals surface area contributed by atoms with E-state index in [1.54, 1.807) is 39.3 Å². The number of methoxy groups -OCH3 is 2. The predicted octanol–water partition coefficient (Wildman–Crippen LogP) is 1.59. The number of hydrogen-bond donors (Lipinski definition) is 0. The van der Waals surface area contributed by atoms with Gasteiger partial charge in [0.1, 0.15) is 11.5 Å². The first-order chi connectivity index (χ1) is 11.0. The number of rotatable bonds is 5. The largest absolute Gasteiger partial charge is 0.497 e. The third-order valence-electron chi connectivity index (χ3n) is 3.51. The zero-order valence-corrected chi connectivity index (χ0v) is 13.7. The molecule has 0 spiro atoms. The molecular weight excluding hydrogens is 300 g/mol. The number of carbonyl (C=O) groups is 2. The summed E-state index contributed by atoms with van der Waals surface area (Å²) in [5.74, 6) is 0.435. The predicted molar refractivity (Wildman–Crippen MR) is 83.6 cm³/mol. The number of ether oxygens (including phenoxy) is 3. The fourth-order valence-corrected chi connectivity index (χ4v) is 2.42. The summed E-state index contributed by atoms with van der Waals surface area (Å²) in [5.41, 5.74) is 1.31. The molecule has 2 rings (SSSR count). The lowest BCUT2D eigenvalue weighted by molar-refractivity contribution is -0.153. The third kappa shape index (κ3) is 3.44. The second-order valence-electron chi connectivity index (χ2n) is 4.95. The molecule has 0 bridgehead atoms. The van der Waals surface area contributed by atoms with Gasteiger partial charge in [0, 0.05) is 25.0 Å². The number of esters is 1. The number of nitrogens with zero attached hydrogens (tertiary/aromatic N) is 2. The molecule has 1 heterocycles. The topological polar surface area (TPSA) is 77.4 Å². The smallest absolute Gasteiger partial charge is 0.331 e. The van der Waals surface area contributed by atoms with Crippen molar-refractivity contribution >= 4 is 17.6 Å². The van der Waals surface area contributed by atoms with E-state index in [1.807, 2.05) is 0 Å². The number of hydrogen-bond acceptors (Lipinski definition) is 6. The Morgan fingerprint density at radius 3 is 2.61 bits per heavy atom. The highest BCUT2D eigenvalue weighted by Crippen LogP contribution is 2.30. The average Bonchev–Trinajstić information content (AvgIpc) is 2.99. The molecule has 7 heteroatoms. The van der Waals surface area contributed by atoms with Crippen molar-refractivity contribution in [3.63, 3.8) is 0 Å². The minimum absolute atomic E-state index is 0.252. The van der Waals surface area contributed by atoms with Gasteiger partial charge in [0.05, 0.1) is 26.5 Å². The molecule has 1 aromatic carbocycles. The minimum atomic E-state index is -0.741. The van der Waals surface area contributed by atoms with E-state index in [1.165, 1.54) is 6.92 Å². The maximum absolute atomic E-state index is 12.1. The third-order valence-corrected chi connectivity index (χ3v) is 3.51. The summed E-state index contributed by atoms with van der Waals surface area (Å²) < 4.78 is 15.6. The van der Waals surface area contributed by atoms with E-state index in [2.05, 4.69) is 5.10 Å². The SMILES string of the molecule is CCOC(=O)C1CC(c2ccc(OC)cc2OC)=NN1C(C)=O. The summed E-state index contributed by atoms with van der Waals surface area (Å²) in [4.78, 5) is 23.8. The molecule has 1 amide bonds. The molecule has 0 radical (unpaired) electrons. The monoisotopic (exact) mass is 320 g/mol. The maximum Gasteiger partial charge on any atom is 0.331 e. The molecule has 7 nitrogen and oxygen atoms in total. The van der Waals surface area contributed by atoms with Crippen molar-refractivity contribution in [2.24, 2.45) is 5.10 Å². The van der Waals surface area contributed by atoms with Crippen LogP contribution in [0.1, 0.15) is 25.8 Å². The van der Waals surface area contributed by atoms with Gasteiger partial charge in [-0.1, -0.05) is 0 Å². The van der Waals surface area contributed by atoms with E-state index in [0.29, 0.717) is 22.8 Å². The Morgan fingerprint density at radius 2 is 2.04 bits per heavy atom. The molecule has 0 saturated heterocycles. The summed E-state index contributed by atoms with van der Waals surface area (Å²) >= 11 is 0. The first-order valence-electron chi connectivity index (χ1n) is 7.28. The molecule has 1 unspecified atom stereocenters. The van der Waals surface area contributed by atoms with E-state index in [-0.39, 0.29) is 18.9 Å². The lowest BCUT2D eigenvalue weighted by Gasteiger charge is -2.17. The van der Waals surface area contributed by atoms with Crippen LogP contribution in [0.5, 0.6) is 11.5 Å². The van der Waals surface area contributed by atoms with Gasteiger partial charge in [-0.25, -0.2) is 9.80 Å². The maximum atomic E-state index is 12.1. The van der Waals surface area contributed by atoms with Crippen molar-refractivity contribution in [3.05, 3.63) is 23.8 Å². The van der Waals surface area contributed by atoms with Crippen LogP contribution in [0.4, 0.5) is 0 Å². The van der Waals surface area contributed by atoms with Gasteiger partial charge in [-0.05, 0) is 19.1 Å². The van der Waals surface area contributed by atoms with Crippen molar-refractivity contribution in [2.75, 3.05) is 20.8 Å². The first kappa shape index (κ1) is 16.8. The Balaban J connectivity index is 2.35. The normalized spacial score (nSPS) is 16.8. The quantitative estimate of drug-likeness (QED) is 0.770. The molecule has 23 heavy (non-hydrogen) atoms. The lowest BCUT2D eigenvalue weighted by Crippen LogP contribution is -2.38. The Bertz CT molecular complexity index is 641. The Kier molecular flexibility index (Phi) is 5.20. The fourth-order valence-electron chi connectivity index (χ4n) is 2.42. The summed E-state index contributed by atoms with van der Waals surface area (Å²) in [6.45, 7) is 3.34. The van der Waals surface area contributed by atoms with Crippen LogP contribution in [-0.2, 0) is 14.3 Å². The van der Waals surface area contributed by atoms with Crippen LogP contribution in [-0.4, -0.2) is 49.5 Å². The van der Waals surface area contributed by atoms with Crippen molar-refractivity contribution in [1.29, 1.82) is 0 Å². The van der Waals surface area contributed by atoms with Gasteiger partial charge < -0.3 is 14.2 Å². The van der Waals surface area contributed by atoms with Gasteiger partial charge in [-0.15, -0.1) is 0 Å². The molecule has 1 atom stereocenters. The Hall–Kier alpha value is -2.57. The van der Waals surface area contributed by atoms with Crippen LogP contribution in [0.3, 0.4) is 0 Å². The van der Waals surface area contributed by atoms with Gasteiger partial charge >= 0.3 is 5.97 Å². The van der Waals surface area contributed by atoms with E-state index >= 15 is 0 Å². The molecular formula is C16H20N2O5. The van der Waals surface area contributed by atoms with E-state index in [0.717, 1.165) is 5.01 Å². The highest BCUT2D eigenvalue weighted by molar-refractivity contribution is 6.07. The zero-order chi connectivity index (χ0) is 17.0. The Morgan fingerprint density at radius 1 is 1.30 bits per heavy atom. The van der Waals surface area contributed by atoms with Gasteiger partial charge in [0.25, 0.3) is 0 Å².